The van der Waals surface area contributed by atoms with Crippen LogP contribution in [0.15, 0.2) is 6.20 Å². The highest BCUT2D eigenvalue weighted by molar-refractivity contribution is 5.95. The molecule has 1 aliphatic heterocycles. The molecule has 1 aromatic rings. The number of aromatic amines is 1. The van der Waals surface area contributed by atoms with Crippen molar-refractivity contribution in [2.75, 3.05) is 13.1 Å². The van der Waals surface area contributed by atoms with E-state index in [4.69, 9.17) is 0 Å². The van der Waals surface area contributed by atoms with Gasteiger partial charge in [-0.15, -0.1) is 0 Å². The van der Waals surface area contributed by atoms with Crippen LogP contribution in [-0.2, 0) is 0 Å². The molecular formula is C12H17N2O. The molecule has 0 bridgehead atoms. The molecule has 1 N–H and O–H groups in total. The fourth-order valence-corrected chi connectivity index (χ4v) is 2.00. The zero-order valence-electron chi connectivity index (χ0n) is 9.34. The number of aromatic nitrogens is 1. The van der Waals surface area contributed by atoms with E-state index in [1.54, 1.807) is 6.20 Å². The molecule has 0 aliphatic carbocycles. The lowest BCUT2D eigenvalue weighted by atomic mass is 9.98. The zero-order chi connectivity index (χ0) is 10.8. The van der Waals surface area contributed by atoms with E-state index in [1.165, 1.54) is 0 Å². The minimum Gasteiger partial charge on any atom is -0.359 e. The predicted octanol–water partition coefficient (Wildman–Crippen LogP) is 2.00. The number of H-pyrrole nitrogens is 1. The molecule has 0 aromatic carbocycles. The second-order valence-corrected chi connectivity index (χ2v) is 4.43. The number of rotatable bonds is 1. The Morgan fingerprint density at radius 2 is 2.20 bits per heavy atom. The van der Waals surface area contributed by atoms with Gasteiger partial charge < -0.3 is 9.88 Å². The van der Waals surface area contributed by atoms with Crippen LogP contribution in [0.3, 0.4) is 0 Å². The summed E-state index contributed by atoms with van der Waals surface area (Å²) in [5, 5.41) is 0. The van der Waals surface area contributed by atoms with Crippen molar-refractivity contribution in [2.45, 2.75) is 26.7 Å². The number of nitrogens with zero attached hydrogens (tertiary/aromatic N) is 1. The molecule has 15 heavy (non-hydrogen) atoms. The summed E-state index contributed by atoms with van der Waals surface area (Å²) in [5.41, 5.74) is 1.68. The zero-order valence-corrected chi connectivity index (χ0v) is 9.34. The average Bonchev–Trinajstić information content (AvgIpc) is 2.65. The topological polar surface area (TPSA) is 36.1 Å². The average molecular weight is 205 g/mol. The molecule has 0 atom stereocenters. The second kappa shape index (κ2) is 4.09. The number of carbonyl (C=O) groups is 1. The molecular weight excluding hydrogens is 188 g/mol. The van der Waals surface area contributed by atoms with Gasteiger partial charge in [0.15, 0.2) is 0 Å². The SMILES string of the molecule is Cc1[c][nH]cc1C(=O)N1CCC(C)CC1. The number of carbonyl (C=O) groups excluding carboxylic acids is 1. The van der Waals surface area contributed by atoms with Gasteiger partial charge in [0, 0.05) is 19.3 Å². The summed E-state index contributed by atoms with van der Waals surface area (Å²) < 4.78 is 0. The molecule has 3 heteroatoms. The number of hydrogen-bond acceptors (Lipinski definition) is 1. The third-order valence-corrected chi connectivity index (χ3v) is 3.18. The van der Waals surface area contributed by atoms with Gasteiger partial charge in [-0.05, 0) is 31.2 Å². The summed E-state index contributed by atoms with van der Waals surface area (Å²) in [5.74, 6) is 0.907. The third-order valence-electron chi connectivity index (χ3n) is 3.18. The quantitative estimate of drug-likeness (QED) is 0.748. The van der Waals surface area contributed by atoms with Gasteiger partial charge >= 0.3 is 0 Å². The van der Waals surface area contributed by atoms with Gasteiger partial charge in [-0.25, -0.2) is 0 Å². The first kappa shape index (κ1) is 10.3. The van der Waals surface area contributed by atoms with Gasteiger partial charge in [0.05, 0.1) is 11.8 Å². The Morgan fingerprint density at radius 1 is 1.53 bits per heavy atom. The fraction of sp³-hybridized carbons (Fsp3) is 0.583. The lowest BCUT2D eigenvalue weighted by Gasteiger charge is -2.30. The molecule has 1 aliphatic rings. The van der Waals surface area contributed by atoms with Crippen LogP contribution in [0.25, 0.3) is 0 Å². The normalized spacial score (nSPS) is 18.1. The van der Waals surface area contributed by atoms with Crippen molar-refractivity contribution in [1.29, 1.82) is 0 Å². The van der Waals surface area contributed by atoms with E-state index in [1.807, 2.05) is 11.8 Å². The summed E-state index contributed by atoms with van der Waals surface area (Å²) >= 11 is 0. The first-order chi connectivity index (χ1) is 7.18. The van der Waals surface area contributed by atoms with Gasteiger partial charge in [0.2, 0.25) is 0 Å². The Morgan fingerprint density at radius 3 is 2.73 bits per heavy atom. The Kier molecular flexibility index (Phi) is 2.80. The van der Waals surface area contributed by atoms with Crippen LogP contribution in [-0.4, -0.2) is 28.9 Å². The van der Waals surface area contributed by atoms with E-state index < -0.39 is 0 Å². The Labute approximate surface area is 90.5 Å². The molecule has 0 spiro atoms. The van der Waals surface area contributed by atoms with E-state index in [0.717, 1.165) is 43.0 Å². The van der Waals surface area contributed by atoms with Gasteiger partial charge in [-0.2, -0.15) is 0 Å². The summed E-state index contributed by atoms with van der Waals surface area (Å²) in [6.07, 6.45) is 6.92. The van der Waals surface area contributed by atoms with E-state index in [9.17, 15) is 4.79 Å². The molecule has 2 heterocycles. The summed E-state index contributed by atoms with van der Waals surface area (Å²) in [4.78, 5) is 16.9. The highest BCUT2D eigenvalue weighted by Crippen LogP contribution is 2.19. The highest BCUT2D eigenvalue weighted by Gasteiger charge is 2.22. The lowest BCUT2D eigenvalue weighted by Crippen LogP contribution is -2.38. The van der Waals surface area contributed by atoms with E-state index in [0.29, 0.717) is 0 Å². The number of nitrogens with one attached hydrogen (secondary N) is 1. The monoisotopic (exact) mass is 205 g/mol. The van der Waals surface area contributed by atoms with Gasteiger partial charge in [0.25, 0.3) is 5.91 Å². The van der Waals surface area contributed by atoms with Crippen LogP contribution in [0.5, 0.6) is 0 Å². The molecule has 0 unspecified atom stereocenters. The minimum absolute atomic E-state index is 0.150. The van der Waals surface area contributed by atoms with Crippen molar-refractivity contribution in [2.24, 2.45) is 5.92 Å². The number of aryl methyl sites for hydroxylation is 1. The highest BCUT2D eigenvalue weighted by atomic mass is 16.2. The van der Waals surface area contributed by atoms with Crippen molar-refractivity contribution in [3.8, 4) is 0 Å². The molecule has 3 nitrogen and oxygen atoms in total. The smallest absolute Gasteiger partial charge is 0.255 e. The van der Waals surface area contributed by atoms with Crippen LogP contribution < -0.4 is 0 Å². The Hall–Kier alpha value is -1.25. The van der Waals surface area contributed by atoms with E-state index >= 15 is 0 Å². The molecule has 1 saturated heterocycles. The molecule has 1 amide bonds. The summed E-state index contributed by atoms with van der Waals surface area (Å²) in [6.45, 7) is 5.95. The Bertz CT molecular complexity index is 348. The van der Waals surface area contributed by atoms with Crippen molar-refractivity contribution < 1.29 is 4.79 Å². The van der Waals surface area contributed by atoms with Crippen LogP contribution >= 0.6 is 0 Å². The number of amides is 1. The summed E-state index contributed by atoms with van der Waals surface area (Å²) in [6, 6.07) is 0. The van der Waals surface area contributed by atoms with Gasteiger partial charge in [0.1, 0.15) is 0 Å². The predicted molar refractivity (Wildman–Crippen MR) is 58.7 cm³/mol. The largest absolute Gasteiger partial charge is 0.359 e. The van der Waals surface area contributed by atoms with Gasteiger partial charge in [-0.1, -0.05) is 6.92 Å². The number of likely N-dealkylation sites (tertiary alicyclic amines) is 1. The van der Waals surface area contributed by atoms with E-state index in [2.05, 4.69) is 18.1 Å². The van der Waals surface area contributed by atoms with Crippen LogP contribution in [0.4, 0.5) is 0 Å². The molecule has 0 saturated carbocycles. The van der Waals surface area contributed by atoms with Crippen molar-refractivity contribution in [3.05, 3.63) is 23.5 Å². The fourth-order valence-electron chi connectivity index (χ4n) is 2.00. The molecule has 81 valence electrons. The van der Waals surface area contributed by atoms with Crippen molar-refractivity contribution in [3.63, 3.8) is 0 Å². The maximum Gasteiger partial charge on any atom is 0.255 e. The lowest BCUT2D eigenvalue weighted by molar-refractivity contribution is 0.0697. The molecule has 1 fully saturated rings. The maximum atomic E-state index is 12.1. The molecule has 1 aromatic heterocycles. The number of hydrogen-bond donors (Lipinski definition) is 1. The number of piperidine rings is 1. The maximum absolute atomic E-state index is 12.1. The first-order valence-electron chi connectivity index (χ1n) is 5.53. The van der Waals surface area contributed by atoms with Crippen molar-refractivity contribution in [1.82, 2.24) is 9.88 Å². The van der Waals surface area contributed by atoms with Gasteiger partial charge in [-0.3, -0.25) is 4.79 Å². The van der Waals surface area contributed by atoms with Crippen molar-refractivity contribution >= 4 is 5.91 Å². The first-order valence-corrected chi connectivity index (χ1v) is 5.53. The summed E-state index contributed by atoms with van der Waals surface area (Å²) in [7, 11) is 0. The third kappa shape index (κ3) is 2.06. The molecule has 1 radical (unpaired) electrons. The Balaban J connectivity index is 2.06. The second-order valence-electron chi connectivity index (χ2n) is 4.43. The van der Waals surface area contributed by atoms with Crippen LogP contribution in [0.2, 0.25) is 0 Å². The van der Waals surface area contributed by atoms with Crippen LogP contribution in [0, 0.1) is 19.0 Å². The van der Waals surface area contributed by atoms with Crippen LogP contribution in [0.1, 0.15) is 35.7 Å². The standard InChI is InChI=1S/C12H17N2O/c1-9-3-5-14(6-4-9)12(15)11-8-13-7-10(11)2/h8-9,13H,3-6H2,1-2H3. The molecule has 2 rings (SSSR count). The minimum atomic E-state index is 0.150. The van der Waals surface area contributed by atoms with E-state index in [-0.39, 0.29) is 5.91 Å².